The number of ether oxygens (including phenoxy) is 1. The molecule has 0 unspecified atom stereocenters. The zero-order valence-electron chi connectivity index (χ0n) is 15.8. The molecule has 8 nitrogen and oxygen atoms in total. The van der Waals surface area contributed by atoms with Gasteiger partial charge in [0.2, 0.25) is 11.0 Å². The second-order valence-corrected chi connectivity index (χ2v) is 7.84. The predicted octanol–water partition coefficient (Wildman–Crippen LogP) is 3.41. The third-order valence-corrected chi connectivity index (χ3v) is 5.60. The average molecular weight is 419 g/mol. The van der Waals surface area contributed by atoms with Crippen molar-refractivity contribution in [3.8, 4) is 5.75 Å². The van der Waals surface area contributed by atoms with Gasteiger partial charge in [0.1, 0.15) is 17.4 Å². The summed E-state index contributed by atoms with van der Waals surface area (Å²) in [4.78, 5) is 12.2. The molecule has 0 bridgehead atoms. The Morgan fingerprint density at radius 2 is 2.00 bits per heavy atom. The van der Waals surface area contributed by atoms with Crippen LogP contribution in [-0.2, 0) is 24.4 Å². The fraction of sp³-hybridized carbons (Fsp3) is 0.389. The highest BCUT2D eigenvalue weighted by Crippen LogP contribution is 2.20. The molecule has 0 aliphatic rings. The lowest BCUT2D eigenvalue weighted by molar-refractivity contribution is -0.113. The lowest BCUT2D eigenvalue weighted by Crippen LogP contribution is -2.14. The molecule has 0 atom stereocenters. The number of carbonyl (C=O) groups is 1. The molecule has 1 N–H and O–H groups in total. The van der Waals surface area contributed by atoms with E-state index < -0.39 is 0 Å². The Bertz CT molecular complexity index is 897. The first-order valence-corrected chi connectivity index (χ1v) is 10.8. The normalized spacial score (nSPS) is 10.8. The highest BCUT2D eigenvalue weighted by Gasteiger charge is 2.15. The van der Waals surface area contributed by atoms with Gasteiger partial charge in [-0.25, -0.2) is 0 Å². The third kappa shape index (κ3) is 5.52. The maximum absolute atomic E-state index is 12.2. The minimum Gasteiger partial charge on any atom is -0.486 e. The van der Waals surface area contributed by atoms with E-state index in [1.165, 1.54) is 23.1 Å². The second kappa shape index (κ2) is 10.2. The Morgan fingerprint density at radius 1 is 1.18 bits per heavy atom. The van der Waals surface area contributed by atoms with E-state index in [4.69, 9.17) is 4.74 Å². The number of nitrogens with one attached hydrogen (secondary N) is 1. The Kier molecular flexibility index (Phi) is 7.38. The molecule has 28 heavy (non-hydrogen) atoms. The Labute approximate surface area is 171 Å². The van der Waals surface area contributed by atoms with Gasteiger partial charge in [-0.2, -0.15) is 0 Å². The molecular weight excluding hydrogens is 396 g/mol. The number of aryl methyl sites for hydroxylation is 1. The Balaban J connectivity index is 1.53. The number of thioether (sulfide) groups is 1. The van der Waals surface area contributed by atoms with Crippen molar-refractivity contribution in [2.24, 2.45) is 0 Å². The van der Waals surface area contributed by atoms with Crippen LogP contribution in [0, 0.1) is 0 Å². The van der Waals surface area contributed by atoms with Crippen LogP contribution in [0.15, 0.2) is 35.5 Å². The highest BCUT2D eigenvalue weighted by molar-refractivity contribution is 7.99. The molecular formula is C18H22N6O2S2. The highest BCUT2D eigenvalue weighted by atomic mass is 32.2. The maximum Gasteiger partial charge on any atom is 0.236 e. The van der Waals surface area contributed by atoms with Crippen LogP contribution in [0.4, 0.5) is 5.13 Å². The number of carbonyl (C=O) groups excluding carboxylic acids is 1. The van der Waals surface area contributed by atoms with Gasteiger partial charge in [-0.05, 0) is 25.5 Å². The van der Waals surface area contributed by atoms with Crippen molar-refractivity contribution in [1.29, 1.82) is 0 Å². The number of benzene rings is 1. The molecule has 148 valence electrons. The van der Waals surface area contributed by atoms with Gasteiger partial charge in [-0.1, -0.05) is 48.2 Å². The number of hydrogen-bond acceptors (Lipinski definition) is 8. The summed E-state index contributed by atoms with van der Waals surface area (Å²) in [5.41, 5.74) is 0. The van der Waals surface area contributed by atoms with E-state index in [1.54, 1.807) is 0 Å². The predicted molar refractivity (Wildman–Crippen MR) is 110 cm³/mol. The van der Waals surface area contributed by atoms with Crippen molar-refractivity contribution in [3.05, 3.63) is 41.2 Å². The number of nitrogens with zero attached hydrogens (tertiary/aromatic N) is 5. The first kappa shape index (κ1) is 20.3. The van der Waals surface area contributed by atoms with Gasteiger partial charge >= 0.3 is 0 Å². The van der Waals surface area contributed by atoms with Crippen LogP contribution in [0.2, 0.25) is 0 Å². The molecule has 10 heteroatoms. The van der Waals surface area contributed by atoms with Crippen LogP contribution >= 0.6 is 23.1 Å². The monoisotopic (exact) mass is 418 g/mol. The molecule has 0 radical (unpaired) electrons. The quantitative estimate of drug-likeness (QED) is 0.504. The van der Waals surface area contributed by atoms with Crippen LogP contribution in [0.5, 0.6) is 5.75 Å². The molecule has 2 aromatic heterocycles. The summed E-state index contributed by atoms with van der Waals surface area (Å²) in [5, 5.41) is 21.4. The number of amides is 1. The van der Waals surface area contributed by atoms with E-state index in [-0.39, 0.29) is 11.7 Å². The van der Waals surface area contributed by atoms with Crippen LogP contribution in [0.25, 0.3) is 0 Å². The van der Waals surface area contributed by atoms with Crippen LogP contribution in [0.1, 0.15) is 31.1 Å². The van der Waals surface area contributed by atoms with Gasteiger partial charge in [-0.3, -0.25) is 10.1 Å². The van der Waals surface area contributed by atoms with Gasteiger partial charge in [0.25, 0.3) is 0 Å². The Morgan fingerprint density at radius 3 is 2.75 bits per heavy atom. The Hall–Kier alpha value is -2.46. The second-order valence-electron chi connectivity index (χ2n) is 5.83. The van der Waals surface area contributed by atoms with Crippen molar-refractivity contribution in [2.45, 2.75) is 45.0 Å². The van der Waals surface area contributed by atoms with E-state index in [1.807, 2.05) is 41.8 Å². The first-order chi connectivity index (χ1) is 13.7. The van der Waals surface area contributed by atoms with Gasteiger partial charge in [0.15, 0.2) is 11.0 Å². The standard InChI is InChI=1S/C18H22N6O2S2/c1-3-8-16-21-22-17(28-16)19-15(25)12-27-18-23-20-14(24(18)4-2)11-26-13-9-6-5-7-10-13/h5-7,9-10H,3-4,8,11-12H2,1-2H3,(H,19,22,25). The summed E-state index contributed by atoms with van der Waals surface area (Å²) < 4.78 is 7.70. The first-order valence-electron chi connectivity index (χ1n) is 9.04. The summed E-state index contributed by atoms with van der Waals surface area (Å²) in [6.07, 6.45) is 1.87. The van der Waals surface area contributed by atoms with Crippen molar-refractivity contribution >= 4 is 34.1 Å². The van der Waals surface area contributed by atoms with Crippen molar-refractivity contribution in [3.63, 3.8) is 0 Å². The van der Waals surface area contributed by atoms with E-state index in [9.17, 15) is 4.79 Å². The number of hydrogen-bond donors (Lipinski definition) is 1. The topological polar surface area (TPSA) is 94.8 Å². The molecule has 2 heterocycles. The molecule has 0 aliphatic carbocycles. The van der Waals surface area contributed by atoms with Crippen molar-refractivity contribution in [1.82, 2.24) is 25.0 Å². The summed E-state index contributed by atoms with van der Waals surface area (Å²) in [5.74, 6) is 1.58. The zero-order valence-corrected chi connectivity index (χ0v) is 17.4. The number of anilines is 1. The lowest BCUT2D eigenvalue weighted by atomic mass is 10.3. The van der Waals surface area contributed by atoms with E-state index in [0.29, 0.717) is 23.4 Å². The van der Waals surface area contributed by atoms with Gasteiger partial charge < -0.3 is 9.30 Å². The molecule has 0 spiro atoms. The fourth-order valence-electron chi connectivity index (χ4n) is 2.42. The molecule has 3 aromatic rings. The molecule has 0 aliphatic heterocycles. The fourth-order valence-corrected chi connectivity index (χ4v) is 4.10. The molecule has 1 amide bonds. The number of rotatable bonds is 10. The molecule has 0 fully saturated rings. The zero-order chi connectivity index (χ0) is 19.8. The van der Waals surface area contributed by atoms with Crippen molar-refractivity contribution in [2.75, 3.05) is 11.1 Å². The van der Waals surface area contributed by atoms with Crippen LogP contribution in [-0.4, -0.2) is 36.6 Å². The van der Waals surface area contributed by atoms with E-state index in [2.05, 4.69) is 32.6 Å². The van der Waals surface area contributed by atoms with Gasteiger partial charge in [0, 0.05) is 13.0 Å². The van der Waals surface area contributed by atoms with Crippen LogP contribution in [0.3, 0.4) is 0 Å². The summed E-state index contributed by atoms with van der Waals surface area (Å²) >= 11 is 2.75. The third-order valence-electron chi connectivity index (χ3n) is 3.73. The average Bonchev–Trinajstić information content (AvgIpc) is 3.32. The molecule has 0 saturated heterocycles. The van der Waals surface area contributed by atoms with Crippen LogP contribution < -0.4 is 10.1 Å². The molecule has 3 rings (SSSR count). The van der Waals surface area contributed by atoms with E-state index in [0.717, 1.165) is 29.4 Å². The minimum atomic E-state index is -0.142. The SMILES string of the molecule is CCCc1nnc(NC(=O)CSc2nnc(COc3ccccc3)n2CC)s1. The largest absolute Gasteiger partial charge is 0.486 e. The van der Waals surface area contributed by atoms with Gasteiger partial charge in [-0.15, -0.1) is 20.4 Å². The summed E-state index contributed by atoms with van der Waals surface area (Å²) in [6, 6.07) is 9.57. The smallest absolute Gasteiger partial charge is 0.236 e. The maximum atomic E-state index is 12.2. The number of para-hydroxylation sites is 1. The summed E-state index contributed by atoms with van der Waals surface area (Å²) in [6.45, 7) is 5.11. The number of aromatic nitrogens is 5. The van der Waals surface area contributed by atoms with E-state index >= 15 is 0 Å². The molecule has 1 aromatic carbocycles. The van der Waals surface area contributed by atoms with Crippen molar-refractivity contribution < 1.29 is 9.53 Å². The summed E-state index contributed by atoms with van der Waals surface area (Å²) in [7, 11) is 0. The van der Waals surface area contributed by atoms with Gasteiger partial charge in [0.05, 0.1) is 5.75 Å². The lowest BCUT2D eigenvalue weighted by Gasteiger charge is -2.08. The minimum absolute atomic E-state index is 0.142. The molecule has 0 saturated carbocycles.